The number of amides is 1. The van der Waals surface area contributed by atoms with Gasteiger partial charge in [0.2, 0.25) is 0 Å². The van der Waals surface area contributed by atoms with E-state index in [1.165, 1.54) is 0 Å². The van der Waals surface area contributed by atoms with Gasteiger partial charge in [-0.3, -0.25) is 5.32 Å². The first-order valence-corrected chi connectivity index (χ1v) is 9.55. The van der Waals surface area contributed by atoms with Gasteiger partial charge < -0.3 is 14.0 Å². The third kappa shape index (κ3) is 5.65. The van der Waals surface area contributed by atoms with Crippen molar-refractivity contribution in [2.24, 2.45) is 0 Å². The lowest BCUT2D eigenvalue weighted by atomic mass is 10.1. The van der Waals surface area contributed by atoms with Gasteiger partial charge in [-0.15, -0.1) is 0 Å². The van der Waals surface area contributed by atoms with Crippen LogP contribution in [0.2, 0.25) is 0 Å². The van der Waals surface area contributed by atoms with Crippen LogP contribution < -0.4 is 5.32 Å². The van der Waals surface area contributed by atoms with E-state index >= 15 is 0 Å². The molecule has 1 aromatic heterocycles. The van der Waals surface area contributed by atoms with Gasteiger partial charge in [-0.1, -0.05) is 11.2 Å². The van der Waals surface area contributed by atoms with Crippen molar-refractivity contribution in [2.75, 3.05) is 12.4 Å². The molecule has 1 N–H and O–H groups in total. The number of hydrogen-bond donors (Lipinski definition) is 1. The Balaban J connectivity index is 1.77. The van der Waals surface area contributed by atoms with Crippen molar-refractivity contribution < 1.29 is 32.4 Å². The Labute approximate surface area is 182 Å². The molecular weight excluding hydrogens is 424 g/mol. The number of hydrogen-bond acceptors (Lipinski definition) is 7. The highest BCUT2D eigenvalue weighted by Gasteiger charge is 2.19. The van der Waals surface area contributed by atoms with E-state index in [-0.39, 0.29) is 29.3 Å². The topological polar surface area (TPSA) is 104 Å². The number of carbonyl (C=O) groups is 2. The van der Waals surface area contributed by atoms with Crippen LogP contribution in [0.15, 0.2) is 40.9 Å². The Hall–Kier alpha value is -3.82. The quantitative estimate of drug-likeness (QED) is 0.566. The number of ether oxygens (including phenoxy) is 2. The number of nitrogens with zero attached hydrogens (tertiary/aromatic N) is 2. The molecule has 8 nitrogen and oxygen atoms in total. The summed E-state index contributed by atoms with van der Waals surface area (Å²) in [6.45, 7) is 5.24. The summed E-state index contributed by atoms with van der Waals surface area (Å²) in [5.41, 5.74) is -0.283. The molecule has 32 heavy (non-hydrogen) atoms. The first-order valence-electron chi connectivity index (χ1n) is 9.55. The highest BCUT2D eigenvalue weighted by Crippen LogP contribution is 2.24. The van der Waals surface area contributed by atoms with E-state index in [0.717, 1.165) is 19.2 Å². The molecule has 0 saturated heterocycles. The van der Waals surface area contributed by atoms with Gasteiger partial charge in [0.1, 0.15) is 17.2 Å². The Morgan fingerprint density at radius 3 is 2.44 bits per heavy atom. The molecule has 0 bridgehead atoms. The zero-order valence-corrected chi connectivity index (χ0v) is 17.9. The van der Waals surface area contributed by atoms with Crippen molar-refractivity contribution >= 4 is 17.7 Å². The Kier molecular flexibility index (Phi) is 6.52. The highest BCUT2D eigenvalue weighted by atomic mass is 19.1. The molecule has 3 rings (SSSR count). The Morgan fingerprint density at radius 1 is 1.12 bits per heavy atom. The molecule has 0 unspecified atom stereocenters. The van der Waals surface area contributed by atoms with Gasteiger partial charge >= 0.3 is 12.1 Å². The van der Waals surface area contributed by atoms with Gasteiger partial charge in [-0.05, 0) is 51.1 Å². The Bertz CT molecular complexity index is 1130. The number of carbonyl (C=O) groups excluding carboxylic acids is 2. The number of aromatic nitrogens is 2. The van der Waals surface area contributed by atoms with Gasteiger partial charge in [0.25, 0.3) is 5.89 Å². The van der Waals surface area contributed by atoms with Gasteiger partial charge in [0, 0.05) is 23.2 Å². The van der Waals surface area contributed by atoms with Crippen molar-refractivity contribution in [1.29, 1.82) is 0 Å². The zero-order chi connectivity index (χ0) is 23.5. The lowest BCUT2D eigenvalue weighted by Gasteiger charge is -2.19. The smallest absolute Gasteiger partial charge is 0.412 e. The average Bonchev–Trinajstić information content (AvgIpc) is 3.17. The minimum atomic E-state index is -0.930. The van der Waals surface area contributed by atoms with Gasteiger partial charge in [0.05, 0.1) is 12.7 Å². The van der Waals surface area contributed by atoms with E-state index in [0.29, 0.717) is 11.3 Å². The van der Waals surface area contributed by atoms with Crippen LogP contribution in [0.3, 0.4) is 0 Å². The molecule has 0 aliphatic carbocycles. The number of rotatable bonds is 5. The third-order valence-electron chi connectivity index (χ3n) is 4.12. The molecule has 0 spiro atoms. The van der Waals surface area contributed by atoms with Crippen molar-refractivity contribution in [1.82, 2.24) is 10.1 Å². The molecule has 3 aromatic rings. The second kappa shape index (κ2) is 9.13. The minimum Gasteiger partial charge on any atom is -0.465 e. The zero-order valence-electron chi connectivity index (χ0n) is 17.9. The van der Waals surface area contributed by atoms with Gasteiger partial charge in [-0.25, -0.2) is 18.4 Å². The molecule has 2 aromatic carbocycles. The predicted molar refractivity (Wildman–Crippen MR) is 110 cm³/mol. The maximum atomic E-state index is 14.3. The summed E-state index contributed by atoms with van der Waals surface area (Å²) < 4.78 is 43.5. The second-order valence-electron chi connectivity index (χ2n) is 7.81. The van der Waals surface area contributed by atoms with E-state index in [4.69, 9.17) is 9.26 Å². The third-order valence-corrected chi connectivity index (χ3v) is 4.12. The standard InChI is InChI=1S/C22H21F2N3O5/c1-22(2,3)31-21(29)25-14-7-5-6-12(8-14)19-26-18(27-32-19)11-15-16(23)9-13(10-17(15)24)20(28)30-4/h5-10H,11H2,1-4H3,(H,25,29). The number of halogens is 2. The second-order valence-corrected chi connectivity index (χ2v) is 7.81. The maximum Gasteiger partial charge on any atom is 0.412 e. The molecule has 168 valence electrons. The number of methoxy groups -OCH3 is 1. The fourth-order valence-electron chi connectivity index (χ4n) is 2.76. The van der Waals surface area contributed by atoms with Crippen LogP contribution in [0.5, 0.6) is 0 Å². The first kappa shape index (κ1) is 22.9. The lowest BCUT2D eigenvalue weighted by Crippen LogP contribution is -2.27. The Morgan fingerprint density at radius 2 is 1.81 bits per heavy atom. The van der Waals surface area contributed by atoms with E-state index in [2.05, 4.69) is 20.2 Å². The summed E-state index contributed by atoms with van der Waals surface area (Å²) in [5.74, 6) is -2.58. The largest absolute Gasteiger partial charge is 0.465 e. The fraction of sp³-hybridized carbons (Fsp3) is 0.273. The monoisotopic (exact) mass is 445 g/mol. The molecule has 0 aliphatic rings. The summed E-state index contributed by atoms with van der Waals surface area (Å²) in [5, 5.41) is 6.36. The van der Waals surface area contributed by atoms with Crippen molar-refractivity contribution in [2.45, 2.75) is 32.8 Å². The molecule has 0 atom stereocenters. The lowest BCUT2D eigenvalue weighted by molar-refractivity contribution is 0.0597. The van der Waals surface area contributed by atoms with E-state index in [1.807, 2.05) is 0 Å². The summed E-state index contributed by atoms with van der Waals surface area (Å²) in [4.78, 5) is 27.6. The van der Waals surface area contributed by atoms with Crippen LogP contribution in [0.25, 0.3) is 11.5 Å². The van der Waals surface area contributed by atoms with Crippen LogP contribution in [0.4, 0.5) is 19.3 Å². The first-order chi connectivity index (χ1) is 15.1. The van der Waals surface area contributed by atoms with Crippen LogP contribution >= 0.6 is 0 Å². The maximum absolute atomic E-state index is 14.3. The molecule has 0 aliphatic heterocycles. The van der Waals surface area contributed by atoms with Gasteiger partial charge in [-0.2, -0.15) is 4.98 Å². The highest BCUT2D eigenvalue weighted by molar-refractivity contribution is 5.89. The molecule has 0 radical (unpaired) electrons. The molecule has 10 heteroatoms. The van der Waals surface area contributed by atoms with Crippen LogP contribution in [0.1, 0.15) is 42.5 Å². The van der Waals surface area contributed by atoms with E-state index in [1.54, 1.807) is 45.0 Å². The van der Waals surface area contributed by atoms with Crippen LogP contribution in [0, 0.1) is 11.6 Å². The molecule has 1 heterocycles. The summed E-state index contributed by atoms with van der Waals surface area (Å²) in [6.07, 6.45) is -0.916. The number of benzene rings is 2. The molecule has 0 saturated carbocycles. The summed E-state index contributed by atoms with van der Waals surface area (Å²) in [6, 6.07) is 8.35. The van der Waals surface area contributed by atoms with Crippen molar-refractivity contribution in [3.63, 3.8) is 0 Å². The summed E-state index contributed by atoms with van der Waals surface area (Å²) in [7, 11) is 1.12. The number of nitrogens with one attached hydrogen (secondary N) is 1. The van der Waals surface area contributed by atoms with E-state index < -0.39 is 29.3 Å². The number of anilines is 1. The van der Waals surface area contributed by atoms with Gasteiger partial charge in [0.15, 0.2) is 5.82 Å². The molecular formula is C22H21F2N3O5. The molecule has 1 amide bonds. The SMILES string of the molecule is COC(=O)c1cc(F)c(Cc2noc(-c3cccc(NC(=O)OC(C)(C)C)c3)n2)c(F)c1. The predicted octanol–water partition coefficient (Wildman–Crippen LogP) is 4.74. The minimum absolute atomic E-state index is 0.0362. The van der Waals surface area contributed by atoms with Crippen molar-refractivity contribution in [3.05, 3.63) is 65.0 Å². The number of esters is 1. The van der Waals surface area contributed by atoms with E-state index in [9.17, 15) is 18.4 Å². The normalized spacial score (nSPS) is 11.2. The van der Waals surface area contributed by atoms with Crippen LogP contribution in [-0.2, 0) is 15.9 Å². The van der Waals surface area contributed by atoms with Crippen LogP contribution in [-0.4, -0.2) is 34.9 Å². The van der Waals surface area contributed by atoms with Crippen molar-refractivity contribution in [3.8, 4) is 11.5 Å². The average molecular weight is 445 g/mol. The fourth-order valence-corrected chi connectivity index (χ4v) is 2.76. The summed E-state index contributed by atoms with van der Waals surface area (Å²) >= 11 is 0. The molecule has 0 fully saturated rings.